The number of aliphatic hydroxyl groups excluding tert-OH is 1. The van der Waals surface area contributed by atoms with Crippen molar-refractivity contribution in [1.82, 2.24) is 5.32 Å². The molecule has 0 unspecified atom stereocenters. The fourth-order valence-corrected chi connectivity index (χ4v) is 1.31. The van der Waals surface area contributed by atoms with E-state index in [9.17, 15) is 0 Å². The van der Waals surface area contributed by atoms with E-state index in [1.54, 1.807) is 0 Å². The van der Waals surface area contributed by atoms with E-state index in [0.717, 1.165) is 5.92 Å². The van der Waals surface area contributed by atoms with Crippen LogP contribution in [-0.4, -0.2) is 23.8 Å². The van der Waals surface area contributed by atoms with Crippen molar-refractivity contribution in [2.75, 3.05) is 6.61 Å². The van der Waals surface area contributed by atoms with Crippen LogP contribution in [0.3, 0.4) is 0 Å². The fraction of sp³-hybridized carbons (Fsp3) is 1.00. The molecule has 2 atom stereocenters. The zero-order chi connectivity index (χ0) is 8.85. The van der Waals surface area contributed by atoms with E-state index in [1.165, 1.54) is 6.42 Å². The summed E-state index contributed by atoms with van der Waals surface area (Å²) in [5, 5.41) is 12.1. The van der Waals surface area contributed by atoms with Gasteiger partial charge in [0, 0.05) is 12.1 Å². The summed E-state index contributed by atoms with van der Waals surface area (Å²) < 4.78 is 0. The van der Waals surface area contributed by atoms with Crippen LogP contribution in [0.2, 0.25) is 0 Å². The summed E-state index contributed by atoms with van der Waals surface area (Å²) in [6, 6.07) is 0.737. The van der Waals surface area contributed by atoms with Gasteiger partial charge in [-0.2, -0.15) is 0 Å². The zero-order valence-corrected chi connectivity index (χ0v) is 8.09. The summed E-state index contributed by atoms with van der Waals surface area (Å²) in [6.07, 6.45) is 1.17. The van der Waals surface area contributed by atoms with Gasteiger partial charge in [0.2, 0.25) is 0 Å². The van der Waals surface area contributed by atoms with E-state index >= 15 is 0 Å². The highest BCUT2D eigenvalue weighted by Gasteiger charge is 2.07. The summed E-state index contributed by atoms with van der Waals surface area (Å²) in [6.45, 7) is 8.80. The third-order valence-corrected chi connectivity index (χ3v) is 1.67. The fourth-order valence-electron chi connectivity index (χ4n) is 1.31. The Bertz CT molecular complexity index is 93.6. The minimum Gasteiger partial charge on any atom is -0.395 e. The third kappa shape index (κ3) is 6.32. The Labute approximate surface area is 70.0 Å². The van der Waals surface area contributed by atoms with Crippen molar-refractivity contribution < 1.29 is 5.11 Å². The van der Waals surface area contributed by atoms with Gasteiger partial charge in [0.1, 0.15) is 0 Å². The topological polar surface area (TPSA) is 32.3 Å². The lowest BCUT2D eigenvalue weighted by Gasteiger charge is -2.19. The second-order valence-corrected chi connectivity index (χ2v) is 3.78. The van der Waals surface area contributed by atoms with Crippen molar-refractivity contribution in [3.8, 4) is 0 Å². The number of hydrogen-bond donors (Lipinski definition) is 2. The van der Waals surface area contributed by atoms with E-state index in [-0.39, 0.29) is 12.6 Å². The Morgan fingerprint density at radius 3 is 2.00 bits per heavy atom. The van der Waals surface area contributed by atoms with Gasteiger partial charge in [-0.15, -0.1) is 0 Å². The molecule has 11 heavy (non-hydrogen) atoms. The Balaban J connectivity index is 3.43. The van der Waals surface area contributed by atoms with Gasteiger partial charge in [-0.1, -0.05) is 13.8 Å². The van der Waals surface area contributed by atoms with Gasteiger partial charge in [-0.25, -0.2) is 0 Å². The molecule has 2 heteroatoms. The molecule has 0 aliphatic carbocycles. The summed E-state index contributed by atoms with van der Waals surface area (Å²) >= 11 is 0. The van der Waals surface area contributed by atoms with Crippen LogP contribution in [0.4, 0.5) is 0 Å². The van der Waals surface area contributed by atoms with Crippen LogP contribution < -0.4 is 5.32 Å². The summed E-state index contributed by atoms with van der Waals surface area (Å²) in [7, 11) is 0. The average Bonchev–Trinajstić information content (AvgIpc) is 1.85. The molecule has 0 saturated heterocycles. The van der Waals surface area contributed by atoms with Gasteiger partial charge in [-0.3, -0.25) is 0 Å². The first-order valence-corrected chi connectivity index (χ1v) is 4.43. The highest BCUT2D eigenvalue weighted by molar-refractivity contribution is 4.67. The lowest BCUT2D eigenvalue weighted by atomic mass is 10.0. The monoisotopic (exact) mass is 159 g/mol. The van der Waals surface area contributed by atoms with E-state index in [4.69, 9.17) is 5.11 Å². The molecule has 0 spiro atoms. The molecule has 0 aromatic rings. The molecule has 0 rings (SSSR count). The molecule has 68 valence electrons. The highest BCUT2D eigenvalue weighted by atomic mass is 16.3. The molecule has 0 aliphatic heterocycles. The standard InChI is InChI=1S/C9H21NO/c1-7(2)5-8(3)10-9(4)6-11/h7-11H,5-6H2,1-4H3/t8-,9+/m0/s1. The van der Waals surface area contributed by atoms with Crippen LogP contribution in [0.25, 0.3) is 0 Å². The first-order chi connectivity index (χ1) is 5.06. The lowest BCUT2D eigenvalue weighted by molar-refractivity contribution is 0.237. The Morgan fingerprint density at radius 1 is 1.09 bits per heavy atom. The maximum absolute atomic E-state index is 8.76. The van der Waals surface area contributed by atoms with Crippen LogP contribution in [0.5, 0.6) is 0 Å². The van der Waals surface area contributed by atoms with Crippen molar-refractivity contribution in [3.63, 3.8) is 0 Å². The molecule has 0 saturated carbocycles. The SMILES string of the molecule is CC(C)C[C@H](C)N[C@H](C)CO. The summed E-state index contributed by atoms with van der Waals surface area (Å²) in [4.78, 5) is 0. The molecule has 0 radical (unpaired) electrons. The lowest BCUT2D eigenvalue weighted by Crippen LogP contribution is -2.37. The molecule has 0 aliphatic rings. The summed E-state index contributed by atoms with van der Waals surface area (Å²) in [5.74, 6) is 0.725. The van der Waals surface area contributed by atoms with Crippen LogP contribution in [-0.2, 0) is 0 Å². The largest absolute Gasteiger partial charge is 0.395 e. The molecule has 0 aromatic heterocycles. The predicted octanol–water partition coefficient (Wildman–Crippen LogP) is 1.39. The molecule has 0 bridgehead atoms. The Kier molecular flexibility index (Phi) is 5.51. The van der Waals surface area contributed by atoms with Crippen LogP contribution >= 0.6 is 0 Å². The minimum absolute atomic E-state index is 0.225. The Hall–Kier alpha value is -0.0800. The quantitative estimate of drug-likeness (QED) is 0.635. The first kappa shape index (κ1) is 10.9. The number of nitrogens with one attached hydrogen (secondary N) is 1. The van der Waals surface area contributed by atoms with Crippen molar-refractivity contribution in [2.24, 2.45) is 5.92 Å². The van der Waals surface area contributed by atoms with Gasteiger partial charge in [0.15, 0.2) is 0 Å². The van der Waals surface area contributed by atoms with E-state index in [0.29, 0.717) is 6.04 Å². The predicted molar refractivity (Wildman–Crippen MR) is 48.6 cm³/mol. The van der Waals surface area contributed by atoms with E-state index in [2.05, 4.69) is 26.1 Å². The zero-order valence-electron chi connectivity index (χ0n) is 8.09. The molecule has 0 heterocycles. The van der Waals surface area contributed by atoms with Gasteiger partial charge in [-0.05, 0) is 26.2 Å². The molecule has 0 amide bonds. The molecular formula is C9H21NO. The van der Waals surface area contributed by atoms with Crippen molar-refractivity contribution >= 4 is 0 Å². The smallest absolute Gasteiger partial charge is 0.0582 e. The maximum Gasteiger partial charge on any atom is 0.0582 e. The van der Waals surface area contributed by atoms with Gasteiger partial charge in [0.05, 0.1) is 6.61 Å². The molecule has 2 nitrogen and oxygen atoms in total. The number of hydrogen-bond acceptors (Lipinski definition) is 2. The Morgan fingerprint density at radius 2 is 1.64 bits per heavy atom. The van der Waals surface area contributed by atoms with Crippen molar-refractivity contribution in [1.29, 1.82) is 0 Å². The third-order valence-electron chi connectivity index (χ3n) is 1.67. The first-order valence-electron chi connectivity index (χ1n) is 4.43. The van der Waals surface area contributed by atoms with Gasteiger partial charge < -0.3 is 10.4 Å². The van der Waals surface area contributed by atoms with Gasteiger partial charge >= 0.3 is 0 Å². The van der Waals surface area contributed by atoms with Crippen LogP contribution in [0.15, 0.2) is 0 Å². The normalized spacial score (nSPS) is 16.9. The highest BCUT2D eigenvalue weighted by Crippen LogP contribution is 2.04. The van der Waals surface area contributed by atoms with Crippen molar-refractivity contribution in [3.05, 3.63) is 0 Å². The second-order valence-electron chi connectivity index (χ2n) is 3.78. The van der Waals surface area contributed by atoms with Crippen LogP contribution in [0.1, 0.15) is 34.1 Å². The van der Waals surface area contributed by atoms with E-state index < -0.39 is 0 Å². The minimum atomic E-state index is 0.225. The van der Waals surface area contributed by atoms with Crippen LogP contribution in [0, 0.1) is 5.92 Å². The molecule has 0 fully saturated rings. The average molecular weight is 159 g/mol. The molecular weight excluding hydrogens is 138 g/mol. The maximum atomic E-state index is 8.76. The molecule has 2 N–H and O–H groups in total. The van der Waals surface area contributed by atoms with Gasteiger partial charge in [0.25, 0.3) is 0 Å². The molecule has 0 aromatic carbocycles. The number of aliphatic hydroxyl groups is 1. The van der Waals surface area contributed by atoms with E-state index in [1.807, 2.05) is 6.92 Å². The second kappa shape index (κ2) is 5.56. The van der Waals surface area contributed by atoms with Crippen molar-refractivity contribution in [2.45, 2.75) is 46.2 Å². The number of rotatable bonds is 5. The summed E-state index contributed by atoms with van der Waals surface area (Å²) in [5.41, 5.74) is 0.